The molecule has 1 aromatic rings. The van der Waals surface area contributed by atoms with Crippen LogP contribution in [0, 0.1) is 5.82 Å². The van der Waals surface area contributed by atoms with Crippen LogP contribution >= 0.6 is 11.6 Å². The number of halogens is 2. The van der Waals surface area contributed by atoms with E-state index < -0.39 is 0 Å². The van der Waals surface area contributed by atoms with Gasteiger partial charge in [-0.15, -0.1) is 0 Å². The number of hydrogen-bond acceptors (Lipinski definition) is 0. The summed E-state index contributed by atoms with van der Waals surface area (Å²) in [7, 11) is 0. The van der Waals surface area contributed by atoms with E-state index in [0.29, 0.717) is 5.02 Å². The lowest BCUT2D eigenvalue weighted by Gasteiger charge is -2.02. The van der Waals surface area contributed by atoms with Crippen molar-refractivity contribution in [2.75, 3.05) is 0 Å². The van der Waals surface area contributed by atoms with Gasteiger partial charge in [-0.1, -0.05) is 24.9 Å². The molecular formula is C10H12ClF. The Kier molecular flexibility index (Phi) is 3.54. The summed E-state index contributed by atoms with van der Waals surface area (Å²) in [5.74, 6) is -0.203. The van der Waals surface area contributed by atoms with Crippen molar-refractivity contribution in [2.24, 2.45) is 0 Å². The van der Waals surface area contributed by atoms with Gasteiger partial charge in [0.05, 0.1) is 0 Å². The number of rotatable bonds is 3. The summed E-state index contributed by atoms with van der Waals surface area (Å²) in [4.78, 5) is 0. The molecule has 0 saturated heterocycles. The Morgan fingerprint density at radius 2 is 2.17 bits per heavy atom. The van der Waals surface area contributed by atoms with Gasteiger partial charge in [0.2, 0.25) is 0 Å². The Labute approximate surface area is 77.4 Å². The third kappa shape index (κ3) is 2.49. The fraction of sp³-hybridized carbons (Fsp3) is 0.400. The molecule has 0 radical (unpaired) electrons. The second-order valence-electron chi connectivity index (χ2n) is 2.84. The summed E-state index contributed by atoms with van der Waals surface area (Å²) in [6.07, 6.45) is 3.03. The predicted molar refractivity (Wildman–Crippen MR) is 50.0 cm³/mol. The van der Waals surface area contributed by atoms with Crippen LogP contribution in [-0.2, 0) is 6.42 Å². The molecule has 0 heterocycles. The van der Waals surface area contributed by atoms with E-state index in [9.17, 15) is 4.39 Å². The maximum atomic E-state index is 12.7. The normalized spacial score (nSPS) is 10.2. The number of benzene rings is 1. The van der Waals surface area contributed by atoms with Gasteiger partial charge in [-0.3, -0.25) is 0 Å². The van der Waals surface area contributed by atoms with Crippen LogP contribution in [0.25, 0.3) is 0 Å². The van der Waals surface area contributed by atoms with Gasteiger partial charge in [0.15, 0.2) is 0 Å². The second kappa shape index (κ2) is 4.46. The van der Waals surface area contributed by atoms with E-state index in [1.807, 2.05) is 0 Å². The molecule has 0 aromatic heterocycles. The zero-order valence-electron chi connectivity index (χ0n) is 7.11. The Morgan fingerprint density at radius 3 is 2.83 bits per heavy atom. The van der Waals surface area contributed by atoms with Gasteiger partial charge < -0.3 is 0 Å². The fourth-order valence-electron chi connectivity index (χ4n) is 1.10. The van der Waals surface area contributed by atoms with Crippen LogP contribution in [0.3, 0.4) is 0 Å². The molecule has 1 rings (SSSR count). The zero-order chi connectivity index (χ0) is 8.97. The lowest BCUT2D eigenvalue weighted by Crippen LogP contribution is -1.87. The van der Waals surface area contributed by atoms with Crippen LogP contribution in [0.1, 0.15) is 25.3 Å². The van der Waals surface area contributed by atoms with E-state index >= 15 is 0 Å². The minimum Gasteiger partial charge on any atom is -0.207 e. The predicted octanol–water partition coefficient (Wildman–Crippen LogP) is 3.82. The first-order valence-corrected chi connectivity index (χ1v) is 4.55. The summed E-state index contributed by atoms with van der Waals surface area (Å²) in [5, 5.41) is 0.671. The van der Waals surface area contributed by atoms with E-state index in [1.54, 1.807) is 6.07 Å². The monoisotopic (exact) mass is 186 g/mol. The molecular weight excluding hydrogens is 175 g/mol. The van der Waals surface area contributed by atoms with Crippen molar-refractivity contribution in [3.05, 3.63) is 34.6 Å². The van der Waals surface area contributed by atoms with E-state index in [-0.39, 0.29) is 5.82 Å². The SMILES string of the molecule is CCCCc1cc(F)ccc1Cl. The topological polar surface area (TPSA) is 0 Å². The maximum absolute atomic E-state index is 12.7. The van der Waals surface area contributed by atoms with Crippen molar-refractivity contribution in [2.45, 2.75) is 26.2 Å². The van der Waals surface area contributed by atoms with Crippen molar-refractivity contribution >= 4 is 11.6 Å². The average Bonchev–Trinajstić information content (AvgIpc) is 2.07. The highest BCUT2D eigenvalue weighted by Crippen LogP contribution is 2.18. The van der Waals surface area contributed by atoms with Crippen LogP contribution in [0.2, 0.25) is 5.02 Å². The molecule has 0 amide bonds. The highest BCUT2D eigenvalue weighted by Gasteiger charge is 2.00. The highest BCUT2D eigenvalue weighted by molar-refractivity contribution is 6.31. The molecule has 0 N–H and O–H groups in total. The molecule has 0 aliphatic heterocycles. The van der Waals surface area contributed by atoms with Crippen LogP contribution in [0.5, 0.6) is 0 Å². The van der Waals surface area contributed by atoms with Crippen molar-refractivity contribution in [3.63, 3.8) is 0 Å². The van der Waals surface area contributed by atoms with E-state index in [1.165, 1.54) is 12.1 Å². The number of aryl methyl sites for hydroxylation is 1. The van der Waals surface area contributed by atoms with Gasteiger partial charge in [-0.2, -0.15) is 0 Å². The summed E-state index contributed by atoms with van der Waals surface area (Å²) in [5.41, 5.74) is 0.915. The summed E-state index contributed by atoms with van der Waals surface area (Å²) in [6, 6.07) is 4.51. The quantitative estimate of drug-likeness (QED) is 0.673. The Bertz CT molecular complexity index is 258. The van der Waals surface area contributed by atoms with Gasteiger partial charge in [0, 0.05) is 5.02 Å². The smallest absolute Gasteiger partial charge is 0.123 e. The molecule has 66 valence electrons. The first kappa shape index (κ1) is 9.53. The van der Waals surface area contributed by atoms with Crippen molar-refractivity contribution in [3.8, 4) is 0 Å². The van der Waals surface area contributed by atoms with Crippen molar-refractivity contribution in [1.82, 2.24) is 0 Å². The van der Waals surface area contributed by atoms with E-state index in [2.05, 4.69) is 6.92 Å². The molecule has 1 aromatic carbocycles. The molecule has 0 saturated carbocycles. The molecule has 0 atom stereocenters. The molecule has 0 fully saturated rings. The largest absolute Gasteiger partial charge is 0.207 e. The number of hydrogen-bond donors (Lipinski definition) is 0. The molecule has 0 aliphatic carbocycles. The summed E-state index contributed by atoms with van der Waals surface area (Å²) < 4.78 is 12.7. The van der Waals surface area contributed by atoms with Crippen molar-refractivity contribution in [1.29, 1.82) is 0 Å². The standard InChI is InChI=1S/C10H12ClF/c1-2-3-4-8-7-9(12)5-6-10(8)11/h5-7H,2-4H2,1H3. The van der Waals surface area contributed by atoms with Gasteiger partial charge in [0.1, 0.15) is 5.82 Å². The molecule has 0 bridgehead atoms. The average molecular weight is 187 g/mol. The molecule has 0 aliphatic rings. The van der Waals surface area contributed by atoms with E-state index in [0.717, 1.165) is 24.8 Å². The molecule has 0 spiro atoms. The second-order valence-corrected chi connectivity index (χ2v) is 3.25. The van der Waals surface area contributed by atoms with Crippen LogP contribution in [0.15, 0.2) is 18.2 Å². The van der Waals surface area contributed by atoms with Crippen molar-refractivity contribution < 1.29 is 4.39 Å². The minimum absolute atomic E-state index is 0.203. The fourth-order valence-corrected chi connectivity index (χ4v) is 1.31. The summed E-state index contributed by atoms with van der Waals surface area (Å²) >= 11 is 5.87. The lowest BCUT2D eigenvalue weighted by molar-refractivity contribution is 0.624. The molecule has 0 unspecified atom stereocenters. The Hall–Kier alpha value is -0.560. The first-order chi connectivity index (χ1) is 5.74. The van der Waals surface area contributed by atoms with Gasteiger partial charge >= 0.3 is 0 Å². The van der Waals surface area contributed by atoms with Crippen LogP contribution in [-0.4, -0.2) is 0 Å². The molecule has 0 nitrogen and oxygen atoms in total. The third-order valence-electron chi connectivity index (χ3n) is 1.81. The molecule has 12 heavy (non-hydrogen) atoms. The molecule has 2 heteroatoms. The van der Waals surface area contributed by atoms with E-state index in [4.69, 9.17) is 11.6 Å². The zero-order valence-corrected chi connectivity index (χ0v) is 7.87. The van der Waals surface area contributed by atoms with Crippen LogP contribution < -0.4 is 0 Å². The summed E-state index contributed by atoms with van der Waals surface area (Å²) in [6.45, 7) is 2.10. The Balaban J connectivity index is 2.75. The van der Waals surface area contributed by atoms with Gasteiger partial charge in [-0.25, -0.2) is 4.39 Å². The van der Waals surface area contributed by atoms with Crippen LogP contribution in [0.4, 0.5) is 4.39 Å². The lowest BCUT2D eigenvalue weighted by atomic mass is 10.1. The third-order valence-corrected chi connectivity index (χ3v) is 2.18. The highest BCUT2D eigenvalue weighted by atomic mass is 35.5. The Morgan fingerprint density at radius 1 is 1.42 bits per heavy atom. The first-order valence-electron chi connectivity index (χ1n) is 4.18. The minimum atomic E-state index is -0.203. The van der Waals surface area contributed by atoms with Gasteiger partial charge in [-0.05, 0) is 36.6 Å². The number of unbranched alkanes of at least 4 members (excludes halogenated alkanes) is 1. The maximum Gasteiger partial charge on any atom is 0.123 e. The van der Waals surface area contributed by atoms with Gasteiger partial charge in [0.25, 0.3) is 0 Å².